The van der Waals surface area contributed by atoms with Gasteiger partial charge >= 0.3 is 18.4 Å². The minimum absolute atomic E-state index is 0.0820. The Balaban J connectivity index is 1.70. The van der Waals surface area contributed by atoms with Gasteiger partial charge in [0.2, 0.25) is 0 Å². The number of alkyl halides is 3. The summed E-state index contributed by atoms with van der Waals surface area (Å²) in [5, 5.41) is 11.3. The average molecular weight is 513 g/mol. The summed E-state index contributed by atoms with van der Waals surface area (Å²) in [5.74, 6) is -0.672. The largest absolute Gasteiger partial charge is 0.573 e. The SMILES string of the molecule is CCN(C(=O)Nc1ccc(OC(F)(F)F)cc1)C1CCc2cc(SC(C)C(=O)O)c(OC)cc2C1. The fraction of sp³-hybridized carbons (Fsp3) is 0.417. The Bertz CT molecular complexity index is 1060. The van der Waals surface area contributed by atoms with Crippen LogP contribution in [-0.4, -0.2) is 53.3 Å². The number of rotatable bonds is 8. The number of aliphatic carboxylic acids is 1. The minimum Gasteiger partial charge on any atom is -0.496 e. The van der Waals surface area contributed by atoms with Crippen LogP contribution >= 0.6 is 11.8 Å². The number of nitrogens with zero attached hydrogens (tertiary/aromatic N) is 1. The number of likely N-dealkylation sites (N-methyl/N-ethyl adjacent to an activating group) is 1. The molecule has 1 aliphatic rings. The molecule has 1 aliphatic carbocycles. The first-order chi connectivity index (χ1) is 16.5. The van der Waals surface area contributed by atoms with E-state index < -0.39 is 17.6 Å². The average Bonchev–Trinajstić information content (AvgIpc) is 2.79. The van der Waals surface area contributed by atoms with Crippen molar-refractivity contribution < 1.29 is 37.3 Å². The van der Waals surface area contributed by atoms with E-state index in [0.29, 0.717) is 30.8 Å². The fourth-order valence-corrected chi connectivity index (χ4v) is 4.96. The zero-order valence-corrected chi connectivity index (χ0v) is 20.3. The Morgan fingerprint density at radius 3 is 2.49 bits per heavy atom. The van der Waals surface area contributed by atoms with Crippen LogP contribution in [0.4, 0.5) is 23.7 Å². The van der Waals surface area contributed by atoms with Crippen LogP contribution in [0.1, 0.15) is 31.4 Å². The number of carboxylic acids is 1. The summed E-state index contributed by atoms with van der Waals surface area (Å²) in [5.41, 5.74) is 2.49. The maximum absolute atomic E-state index is 13.0. The Hall–Kier alpha value is -3.08. The van der Waals surface area contributed by atoms with E-state index in [1.807, 2.05) is 19.1 Å². The first-order valence-electron chi connectivity index (χ1n) is 11.0. The van der Waals surface area contributed by atoms with Crippen LogP contribution in [0, 0.1) is 0 Å². The standard InChI is InChI=1S/C24H27F3N2O5S/c1-4-29(23(32)28-17-6-9-19(10-7-17)34-24(25,26)27)18-8-5-15-13-21(35-14(2)22(30)31)20(33-3)12-16(15)11-18/h6-7,9-10,12-14,18H,4-5,8,11H2,1-3H3,(H,28,32)(H,30,31). The number of carbonyl (C=O) groups is 2. The third-order valence-corrected chi connectivity index (χ3v) is 6.85. The summed E-state index contributed by atoms with van der Waals surface area (Å²) in [7, 11) is 1.54. The quantitative estimate of drug-likeness (QED) is 0.450. The lowest BCUT2D eigenvalue weighted by atomic mass is 9.87. The number of fused-ring (bicyclic) bond motifs is 1. The summed E-state index contributed by atoms with van der Waals surface area (Å²) in [6.45, 7) is 3.93. The fourth-order valence-electron chi connectivity index (χ4n) is 4.01. The number of benzene rings is 2. The van der Waals surface area contributed by atoms with Crippen LogP contribution in [0.2, 0.25) is 0 Å². The number of amides is 2. The third kappa shape index (κ3) is 6.97. The van der Waals surface area contributed by atoms with Crippen LogP contribution in [0.3, 0.4) is 0 Å². The zero-order chi connectivity index (χ0) is 25.8. The number of urea groups is 1. The van der Waals surface area contributed by atoms with E-state index in [1.54, 1.807) is 11.8 Å². The molecule has 2 atom stereocenters. The Morgan fingerprint density at radius 2 is 1.91 bits per heavy atom. The number of carboxylic acid groups (broad SMARTS) is 1. The van der Waals surface area contributed by atoms with E-state index in [0.717, 1.165) is 34.6 Å². The first-order valence-corrected chi connectivity index (χ1v) is 11.9. The monoisotopic (exact) mass is 512 g/mol. The molecule has 35 heavy (non-hydrogen) atoms. The van der Waals surface area contributed by atoms with Crippen molar-refractivity contribution in [2.75, 3.05) is 19.0 Å². The van der Waals surface area contributed by atoms with Gasteiger partial charge in [0, 0.05) is 18.3 Å². The van der Waals surface area contributed by atoms with Crippen molar-refractivity contribution in [1.82, 2.24) is 4.90 Å². The zero-order valence-electron chi connectivity index (χ0n) is 19.5. The van der Waals surface area contributed by atoms with Crippen LogP contribution in [-0.2, 0) is 17.6 Å². The van der Waals surface area contributed by atoms with Gasteiger partial charge in [-0.05, 0) is 80.6 Å². The molecule has 11 heteroatoms. The van der Waals surface area contributed by atoms with Gasteiger partial charge in [0.05, 0.1) is 12.0 Å². The number of anilines is 1. The highest BCUT2D eigenvalue weighted by atomic mass is 32.2. The molecule has 0 fully saturated rings. The smallest absolute Gasteiger partial charge is 0.496 e. The lowest BCUT2D eigenvalue weighted by Gasteiger charge is -2.35. The molecule has 0 saturated heterocycles. The third-order valence-electron chi connectivity index (χ3n) is 5.72. The van der Waals surface area contributed by atoms with E-state index in [4.69, 9.17) is 4.74 Å². The summed E-state index contributed by atoms with van der Waals surface area (Å²) in [6.07, 6.45) is -2.74. The molecule has 0 bridgehead atoms. The number of carbonyl (C=O) groups excluding carboxylic acids is 1. The molecule has 2 amide bonds. The van der Waals surface area contributed by atoms with Crippen molar-refractivity contribution in [3.05, 3.63) is 47.5 Å². The molecule has 0 saturated carbocycles. The number of halogens is 3. The highest BCUT2D eigenvalue weighted by molar-refractivity contribution is 8.00. The van der Waals surface area contributed by atoms with Gasteiger partial charge in [0.25, 0.3) is 0 Å². The second kappa shape index (κ2) is 11.1. The Kier molecular flexibility index (Phi) is 8.42. The van der Waals surface area contributed by atoms with E-state index in [1.165, 1.54) is 31.0 Å². The molecule has 0 radical (unpaired) electrons. The van der Waals surface area contributed by atoms with Crippen LogP contribution in [0.5, 0.6) is 11.5 Å². The molecule has 3 rings (SSSR count). The maximum Gasteiger partial charge on any atom is 0.573 e. The predicted molar refractivity (Wildman–Crippen MR) is 126 cm³/mol. The number of thioether (sulfide) groups is 1. The number of methoxy groups -OCH3 is 1. The van der Waals surface area contributed by atoms with E-state index >= 15 is 0 Å². The van der Waals surface area contributed by atoms with Crippen LogP contribution in [0.25, 0.3) is 0 Å². The molecule has 2 aromatic carbocycles. The van der Waals surface area contributed by atoms with Gasteiger partial charge in [-0.3, -0.25) is 4.79 Å². The van der Waals surface area contributed by atoms with Gasteiger partial charge in [-0.2, -0.15) is 0 Å². The number of hydrogen-bond donors (Lipinski definition) is 2. The second-order valence-corrected chi connectivity index (χ2v) is 9.44. The van der Waals surface area contributed by atoms with Crippen molar-refractivity contribution in [3.63, 3.8) is 0 Å². The summed E-state index contributed by atoms with van der Waals surface area (Å²) in [4.78, 5) is 26.7. The van der Waals surface area contributed by atoms with E-state index in [9.17, 15) is 27.9 Å². The van der Waals surface area contributed by atoms with Gasteiger partial charge in [-0.25, -0.2) is 4.79 Å². The van der Waals surface area contributed by atoms with Crippen LogP contribution in [0.15, 0.2) is 41.3 Å². The molecule has 0 aromatic heterocycles. The molecule has 0 spiro atoms. The normalized spacial score (nSPS) is 16.1. The second-order valence-electron chi connectivity index (χ2n) is 8.06. The van der Waals surface area contributed by atoms with Gasteiger partial charge < -0.3 is 24.8 Å². The predicted octanol–water partition coefficient (Wildman–Crippen LogP) is 5.57. The van der Waals surface area contributed by atoms with Crippen molar-refractivity contribution in [1.29, 1.82) is 0 Å². The number of aryl methyl sites for hydroxylation is 1. The Labute approximate surface area is 205 Å². The number of ether oxygens (including phenoxy) is 2. The molecule has 2 unspecified atom stereocenters. The van der Waals surface area contributed by atoms with Crippen molar-refractivity contribution in [3.8, 4) is 11.5 Å². The molecular weight excluding hydrogens is 485 g/mol. The highest BCUT2D eigenvalue weighted by Gasteiger charge is 2.31. The summed E-state index contributed by atoms with van der Waals surface area (Å²) >= 11 is 1.23. The van der Waals surface area contributed by atoms with E-state index in [2.05, 4.69) is 10.1 Å². The molecule has 7 nitrogen and oxygen atoms in total. The number of nitrogens with one attached hydrogen (secondary N) is 1. The molecular formula is C24H27F3N2O5S. The summed E-state index contributed by atoms with van der Waals surface area (Å²) in [6, 6.07) is 8.43. The molecule has 2 N–H and O–H groups in total. The van der Waals surface area contributed by atoms with E-state index in [-0.39, 0.29) is 17.8 Å². The molecule has 190 valence electrons. The van der Waals surface area contributed by atoms with Gasteiger partial charge in [0.1, 0.15) is 16.7 Å². The minimum atomic E-state index is -4.78. The van der Waals surface area contributed by atoms with Crippen molar-refractivity contribution in [2.45, 2.75) is 55.7 Å². The van der Waals surface area contributed by atoms with Crippen molar-refractivity contribution >= 4 is 29.4 Å². The highest BCUT2D eigenvalue weighted by Crippen LogP contribution is 2.38. The van der Waals surface area contributed by atoms with Crippen LogP contribution < -0.4 is 14.8 Å². The topological polar surface area (TPSA) is 88.1 Å². The van der Waals surface area contributed by atoms with Crippen molar-refractivity contribution in [2.24, 2.45) is 0 Å². The molecule has 2 aromatic rings. The number of hydrogen-bond acceptors (Lipinski definition) is 5. The molecule has 0 aliphatic heterocycles. The Morgan fingerprint density at radius 1 is 1.23 bits per heavy atom. The first kappa shape index (κ1) is 26.5. The van der Waals surface area contributed by atoms with Gasteiger partial charge in [-0.1, -0.05) is 0 Å². The summed E-state index contributed by atoms with van der Waals surface area (Å²) < 4.78 is 46.4. The van der Waals surface area contributed by atoms with Gasteiger partial charge in [-0.15, -0.1) is 24.9 Å². The lowest BCUT2D eigenvalue weighted by molar-refractivity contribution is -0.274. The molecule has 0 heterocycles. The van der Waals surface area contributed by atoms with Gasteiger partial charge in [0.15, 0.2) is 0 Å². The maximum atomic E-state index is 13.0. The lowest BCUT2D eigenvalue weighted by Crippen LogP contribution is -2.45.